The van der Waals surface area contributed by atoms with Gasteiger partial charge in [0.1, 0.15) is 6.04 Å². The number of piperidine rings is 1. The third-order valence-electron chi connectivity index (χ3n) is 5.58. The molecule has 1 amide bonds. The Labute approximate surface area is 161 Å². The van der Waals surface area contributed by atoms with Crippen LogP contribution in [0.2, 0.25) is 5.02 Å². The van der Waals surface area contributed by atoms with Crippen LogP contribution in [0.3, 0.4) is 0 Å². The highest BCUT2D eigenvalue weighted by atomic mass is 35.5. The molecule has 2 fully saturated rings. The zero-order valence-electron chi connectivity index (χ0n) is 15.6. The molecule has 1 aromatic rings. The molecule has 0 radical (unpaired) electrons. The molecule has 0 saturated carbocycles. The van der Waals surface area contributed by atoms with Crippen LogP contribution in [0, 0.1) is 0 Å². The highest BCUT2D eigenvalue weighted by Gasteiger charge is 2.29. The van der Waals surface area contributed by atoms with Crippen LogP contribution in [0.4, 0.5) is 0 Å². The van der Waals surface area contributed by atoms with Crippen molar-refractivity contribution in [2.24, 2.45) is 0 Å². The van der Waals surface area contributed by atoms with Gasteiger partial charge in [0.2, 0.25) is 5.91 Å². The van der Waals surface area contributed by atoms with E-state index < -0.39 is 0 Å². The largest absolute Gasteiger partial charge is 0.355 e. The lowest BCUT2D eigenvalue weighted by Crippen LogP contribution is -2.43. The molecular weight excluding hydrogens is 348 g/mol. The van der Waals surface area contributed by atoms with Crippen molar-refractivity contribution < 1.29 is 4.79 Å². The van der Waals surface area contributed by atoms with E-state index in [1.54, 1.807) is 0 Å². The molecule has 2 aliphatic heterocycles. The van der Waals surface area contributed by atoms with Crippen LogP contribution >= 0.6 is 11.6 Å². The molecule has 0 bridgehead atoms. The first kappa shape index (κ1) is 19.6. The van der Waals surface area contributed by atoms with Crippen molar-refractivity contribution >= 4 is 17.5 Å². The van der Waals surface area contributed by atoms with Gasteiger partial charge in [0.05, 0.1) is 0 Å². The van der Waals surface area contributed by atoms with E-state index in [1.165, 1.54) is 25.8 Å². The fourth-order valence-electron chi connectivity index (χ4n) is 3.93. The SMILES string of the molecule is CC1CCCCN1CCCCNC(=O)C1CC(c2cccc(Cl)c2)NN1. The van der Waals surface area contributed by atoms with E-state index in [0.717, 1.165) is 49.0 Å². The van der Waals surface area contributed by atoms with Crippen LogP contribution in [0.5, 0.6) is 0 Å². The van der Waals surface area contributed by atoms with Gasteiger partial charge in [-0.3, -0.25) is 4.79 Å². The van der Waals surface area contributed by atoms with Gasteiger partial charge >= 0.3 is 0 Å². The van der Waals surface area contributed by atoms with Gasteiger partial charge in [-0.2, -0.15) is 0 Å². The summed E-state index contributed by atoms with van der Waals surface area (Å²) in [5.41, 5.74) is 7.42. The normalized spacial score (nSPS) is 26.8. The average molecular weight is 379 g/mol. The predicted molar refractivity (Wildman–Crippen MR) is 106 cm³/mol. The average Bonchev–Trinajstić information content (AvgIpc) is 3.13. The maximum absolute atomic E-state index is 12.4. The van der Waals surface area contributed by atoms with E-state index in [1.807, 2.05) is 24.3 Å². The lowest BCUT2D eigenvalue weighted by atomic mass is 10.0. The molecule has 3 N–H and O–H groups in total. The summed E-state index contributed by atoms with van der Waals surface area (Å²) in [6.07, 6.45) is 6.93. The number of carbonyl (C=O) groups excluding carboxylic acids is 1. The Morgan fingerprint density at radius 3 is 3.00 bits per heavy atom. The van der Waals surface area contributed by atoms with Gasteiger partial charge in [-0.05, 0) is 69.8 Å². The Kier molecular flexibility index (Phi) is 7.32. The molecule has 3 atom stereocenters. The summed E-state index contributed by atoms with van der Waals surface area (Å²) in [5.74, 6) is 0.0772. The van der Waals surface area contributed by atoms with Crippen LogP contribution in [0.1, 0.15) is 57.1 Å². The molecular formula is C20H31ClN4O. The number of benzene rings is 1. The second-order valence-corrected chi connectivity index (χ2v) is 8.00. The molecule has 3 rings (SSSR count). The van der Waals surface area contributed by atoms with Crippen LogP contribution in [0.25, 0.3) is 0 Å². The first-order valence-electron chi connectivity index (χ1n) is 9.92. The van der Waals surface area contributed by atoms with E-state index in [0.29, 0.717) is 0 Å². The van der Waals surface area contributed by atoms with E-state index in [9.17, 15) is 4.79 Å². The monoisotopic (exact) mass is 378 g/mol. The van der Waals surface area contributed by atoms with Crippen molar-refractivity contribution in [1.82, 2.24) is 21.1 Å². The number of nitrogens with one attached hydrogen (secondary N) is 3. The van der Waals surface area contributed by atoms with E-state index in [2.05, 4.69) is 28.0 Å². The molecule has 144 valence electrons. The third kappa shape index (κ3) is 5.43. The Morgan fingerprint density at radius 2 is 2.19 bits per heavy atom. The standard InChI is InChI=1S/C20H31ClN4O/c1-15-7-2-4-11-25(15)12-5-3-10-22-20(26)19-14-18(23-24-19)16-8-6-9-17(21)13-16/h6,8-9,13,15,18-19,23-24H,2-5,7,10-12,14H2,1H3,(H,22,26). The molecule has 6 heteroatoms. The second kappa shape index (κ2) is 9.70. The maximum atomic E-state index is 12.4. The van der Waals surface area contributed by atoms with E-state index in [4.69, 9.17) is 11.6 Å². The fraction of sp³-hybridized carbons (Fsp3) is 0.650. The first-order chi connectivity index (χ1) is 12.6. The lowest BCUT2D eigenvalue weighted by Gasteiger charge is -2.33. The molecule has 2 saturated heterocycles. The summed E-state index contributed by atoms with van der Waals surface area (Å²) >= 11 is 6.05. The number of amides is 1. The number of hydrogen-bond acceptors (Lipinski definition) is 4. The number of hydrazine groups is 1. The van der Waals surface area contributed by atoms with Gasteiger partial charge < -0.3 is 10.2 Å². The zero-order chi connectivity index (χ0) is 18.4. The summed E-state index contributed by atoms with van der Waals surface area (Å²) in [5, 5.41) is 3.79. The molecule has 2 heterocycles. The number of likely N-dealkylation sites (tertiary alicyclic amines) is 1. The first-order valence-corrected chi connectivity index (χ1v) is 10.3. The molecule has 5 nitrogen and oxygen atoms in total. The van der Waals surface area contributed by atoms with Gasteiger partial charge in [0.15, 0.2) is 0 Å². The molecule has 1 aromatic carbocycles. The van der Waals surface area contributed by atoms with Crippen LogP contribution in [-0.4, -0.2) is 42.5 Å². The van der Waals surface area contributed by atoms with Crippen molar-refractivity contribution in [2.45, 2.75) is 63.6 Å². The minimum atomic E-state index is -0.193. The minimum absolute atomic E-state index is 0.0772. The van der Waals surface area contributed by atoms with Crippen LogP contribution < -0.4 is 16.2 Å². The number of nitrogens with zero attached hydrogens (tertiary/aromatic N) is 1. The van der Waals surface area contributed by atoms with Gasteiger partial charge in [-0.15, -0.1) is 0 Å². The van der Waals surface area contributed by atoms with Gasteiger partial charge in [-0.1, -0.05) is 30.2 Å². The topological polar surface area (TPSA) is 56.4 Å². The molecule has 0 aromatic heterocycles. The van der Waals surface area contributed by atoms with Gasteiger partial charge in [-0.25, -0.2) is 10.9 Å². The summed E-state index contributed by atoms with van der Waals surface area (Å²) < 4.78 is 0. The number of halogens is 1. The van der Waals surface area contributed by atoms with Crippen LogP contribution in [0.15, 0.2) is 24.3 Å². The quantitative estimate of drug-likeness (QED) is 0.638. The Hall–Kier alpha value is -1.14. The maximum Gasteiger partial charge on any atom is 0.238 e. The number of rotatable bonds is 7. The molecule has 3 unspecified atom stereocenters. The highest BCUT2D eigenvalue weighted by molar-refractivity contribution is 6.30. The van der Waals surface area contributed by atoms with Crippen LogP contribution in [-0.2, 0) is 4.79 Å². The van der Waals surface area contributed by atoms with Crippen molar-refractivity contribution in [3.05, 3.63) is 34.9 Å². The van der Waals surface area contributed by atoms with Crippen molar-refractivity contribution in [3.8, 4) is 0 Å². The summed E-state index contributed by atoms with van der Waals surface area (Å²) in [4.78, 5) is 14.9. The summed E-state index contributed by atoms with van der Waals surface area (Å²) in [6.45, 7) is 5.46. The van der Waals surface area contributed by atoms with Crippen molar-refractivity contribution in [3.63, 3.8) is 0 Å². The molecule has 26 heavy (non-hydrogen) atoms. The molecule has 2 aliphatic rings. The van der Waals surface area contributed by atoms with Gasteiger partial charge in [0, 0.05) is 23.7 Å². The van der Waals surface area contributed by atoms with Gasteiger partial charge in [0.25, 0.3) is 0 Å². The third-order valence-corrected chi connectivity index (χ3v) is 5.82. The second-order valence-electron chi connectivity index (χ2n) is 7.56. The summed E-state index contributed by atoms with van der Waals surface area (Å²) in [7, 11) is 0. The van der Waals surface area contributed by atoms with E-state index in [-0.39, 0.29) is 18.0 Å². The molecule has 0 spiro atoms. The number of hydrogen-bond donors (Lipinski definition) is 3. The predicted octanol–water partition coefficient (Wildman–Crippen LogP) is 3.02. The number of carbonyl (C=O) groups is 1. The highest BCUT2D eigenvalue weighted by Crippen LogP contribution is 2.24. The Bertz CT molecular complexity index is 597. The molecule has 0 aliphatic carbocycles. The smallest absolute Gasteiger partial charge is 0.238 e. The fourth-order valence-corrected chi connectivity index (χ4v) is 4.13. The van der Waals surface area contributed by atoms with E-state index >= 15 is 0 Å². The van der Waals surface area contributed by atoms with Crippen molar-refractivity contribution in [2.75, 3.05) is 19.6 Å². The summed E-state index contributed by atoms with van der Waals surface area (Å²) in [6, 6.07) is 8.43. The Morgan fingerprint density at radius 1 is 1.31 bits per heavy atom. The Balaban J connectivity index is 1.33. The van der Waals surface area contributed by atoms with Crippen molar-refractivity contribution in [1.29, 1.82) is 0 Å². The number of unbranched alkanes of at least 4 members (excludes halogenated alkanes) is 1. The zero-order valence-corrected chi connectivity index (χ0v) is 16.4. The lowest BCUT2D eigenvalue weighted by molar-refractivity contribution is -0.122. The minimum Gasteiger partial charge on any atom is -0.355 e.